The van der Waals surface area contributed by atoms with E-state index in [1.807, 2.05) is 17.5 Å². The summed E-state index contributed by atoms with van der Waals surface area (Å²) in [7, 11) is 0. The Morgan fingerprint density at radius 2 is 2.39 bits per heavy atom. The van der Waals surface area contributed by atoms with Crippen molar-refractivity contribution in [3.8, 4) is 0 Å². The highest BCUT2D eigenvalue weighted by Crippen LogP contribution is 2.43. The van der Waals surface area contributed by atoms with Crippen molar-refractivity contribution in [3.63, 3.8) is 0 Å². The molecule has 0 bridgehead atoms. The normalized spacial score (nSPS) is 26.3. The second kappa shape index (κ2) is 4.44. The first kappa shape index (κ1) is 11.8. The summed E-state index contributed by atoms with van der Waals surface area (Å²) in [4.78, 5) is 25.7. The van der Waals surface area contributed by atoms with Crippen molar-refractivity contribution in [2.24, 2.45) is 5.92 Å². The second-order valence-corrected chi connectivity index (χ2v) is 6.40. The van der Waals surface area contributed by atoms with Crippen molar-refractivity contribution in [3.05, 3.63) is 34.2 Å². The number of nitrogens with zero attached hydrogens (tertiary/aromatic N) is 1. The van der Waals surface area contributed by atoms with Gasteiger partial charge in [0, 0.05) is 10.6 Å². The van der Waals surface area contributed by atoms with Gasteiger partial charge >= 0.3 is 5.97 Å². The maximum Gasteiger partial charge on any atom is 0.352 e. The number of amides is 1. The number of hydrogen-bond acceptors (Lipinski definition) is 4. The zero-order valence-corrected chi connectivity index (χ0v) is 11.0. The van der Waals surface area contributed by atoms with Gasteiger partial charge in [-0.05, 0) is 23.9 Å². The number of thioether (sulfide) groups is 1. The standard InChI is InChI=1S/C12H11NO3S2/c14-10-8(6-7-2-1-4-17-7)11-13(10)9(12(15)16)3-5-18-11/h1-4,8,11H,5-6H2,(H,15,16)/t8?,11-/m0/s1. The van der Waals surface area contributed by atoms with Gasteiger partial charge in [-0.1, -0.05) is 6.07 Å². The third-order valence-corrected chi connectivity index (χ3v) is 5.32. The summed E-state index contributed by atoms with van der Waals surface area (Å²) >= 11 is 3.28. The van der Waals surface area contributed by atoms with Gasteiger partial charge in [0.05, 0.1) is 11.3 Å². The molecule has 1 fully saturated rings. The molecule has 3 heterocycles. The monoisotopic (exact) mass is 281 g/mol. The molecule has 0 saturated carbocycles. The minimum atomic E-state index is -1.01. The van der Waals surface area contributed by atoms with Crippen molar-refractivity contribution in [1.29, 1.82) is 0 Å². The third kappa shape index (κ3) is 1.76. The topological polar surface area (TPSA) is 57.6 Å². The number of fused-ring (bicyclic) bond motifs is 1. The molecule has 1 amide bonds. The summed E-state index contributed by atoms with van der Waals surface area (Å²) in [5, 5.41) is 11.0. The highest BCUT2D eigenvalue weighted by atomic mass is 32.2. The van der Waals surface area contributed by atoms with Gasteiger partial charge in [-0.25, -0.2) is 4.79 Å². The molecule has 3 rings (SSSR count). The van der Waals surface area contributed by atoms with E-state index in [1.165, 1.54) is 9.78 Å². The van der Waals surface area contributed by atoms with Gasteiger partial charge in [0.15, 0.2) is 0 Å². The van der Waals surface area contributed by atoms with Gasteiger partial charge in [0.2, 0.25) is 5.91 Å². The van der Waals surface area contributed by atoms with Crippen LogP contribution in [0, 0.1) is 5.92 Å². The van der Waals surface area contributed by atoms with E-state index in [-0.39, 0.29) is 22.9 Å². The third-order valence-electron chi connectivity index (χ3n) is 3.18. The van der Waals surface area contributed by atoms with Crippen LogP contribution in [-0.2, 0) is 16.0 Å². The van der Waals surface area contributed by atoms with Gasteiger partial charge in [0.1, 0.15) is 5.70 Å². The smallest absolute Gasteiger partial charge is 0.352 e. The van der Waals surface area contributed by atoms with Crippen molar-refractivity contribution in [1.82, 2.24) is 4.90 Å². The number of hydrogen-bond donors (Lipinski definition) is 1. The van der Waals surface area contributed by atoms with Crippen LogP contribution in [0.5, 0.6) is 0 Å². The number of carboxylic acids is 1. The minimum Gasteiger partial charge on any atom is -0.477 e. The molecule has 0 spiro atoms. The van der Waals surface area contributed by atoms with E-state index in [0.717, 1.165) is 6.42 Å². The van der Waals surface area contributed by atoms with Crippen LogP contribution in [0.25, 0.3) is 0 Å². The Hall–Kier alpha value is -1.27. The summed E-state index contributed by atoms with van der Waals surface area (Å²) in [6.45, 7) is 0. The Kier molecular flexibility index (Phi) is 2.91. The van der Waals surface area contributed by atoms with Gasteiger partial charge < -0.3 is 5.11 Å². The zero-order valence-electron chi connectivity index (χ0n) is 9.41. The van der Waals surface area contributed by atoms with E-state index in [2.05, 4.69) is 0 Å². The Labute approximate surface area is 112 Å². The number of carbonyl (C=O) groups is 2. The van der Waals surface area contributed by atoms with Gasteiger partial charge in [0.25, 0.3) is 0 Å². The van der Waals surface area contributed by atoms with Crippen LogP contribution in [0.4, 0.5) is 0 Å². The van der Waals surface area contributed by atoms with E-state index in [0.29, 0.717) is 5.75 Å². The Morgan fingerprint density at radius 3 is 3.06 bits per heavy atom. The van der Waals surface area contributed by atoms with Crippen LogP contribution >= 0.6 is 23.1 Å². The van der Waals surface area contributed by atoms with Crippen LogP contribution in [0.1, 0.15) is 4.88 Å². The molecule has 2 atom stereocenters. The van der Waals surface area contributed by atoms with Crippen LogP contribution in [0.2, 0.25) is 0 Å². The molecule has 0 aromatic carbocycles. The van der Waals surface area contributed by atoms with Crippen LogP contribution < -0.4 is 0 Å². The van der Waals surface area contributed by atoms with Crippen LogP contribution in [0.3, 0.4) is 0 Å². The Balaban J connectivity index is 1.77. The average molecular weight is 281 g/mol. The first-order chi connectivity index (χ1) is 8.68. The average Bonchev–Trinajstić information content (AvgIpc) is 2.87. The molecule has 0 aliphatic carbocycles. The lowest BCUT2D eigenvalue weighted by molar-refractivity contribution is -0.152. The molecule has 2 aliphatic rings. The van der Waals surface area contributed by atoms with Crippen molar-refractivity contribution >= 4 is 35.0 Å². The number of carbonyl (C=O) groups excluding carboxylic acids is 1. The molecule has 1 unspecified atom stereocenters. The summed E-state index contributed by atoms with van der Waals surface area (Å²) in [5.74, 6) is -0.481. The molecule has 18 heavy (non-hydrogen) atoms. The van der Waals surface area contributed by atoms with Gasteiger partial charge in [-0.2, -0.15) is 0 Å². The molecule has 1 aromatic rings. The van der Waals surface area contributed by atoms with Crippen molar-refractivity contribution < 1.29 is 14.7 Å². The van der Waals surface area contributed by atoms with E-state index in [4.69, 9.17) is 5.11 Å². The van der Waals surface area contributed by atoms with Crippen LogP contribution in [0.15, 0.2) is 29.3 Å². The summed E-state index contributed by atoms with van der Waals surface area (Å²) < 4.78 is 0. The van der Waals surface area contributed by atoms with Gasteiger partial charge in [-0.15, -0.1) is 23.1 Å². The van der Waals surface area contributed by atoms with E-state index >= 15 is 0 Å². The zero-order chi connectivity index (χ0) is 12.7. The maximum absolute atomic E-state index is 12.1. The fraction of sp³-hybridized carbons (Fsp3) is 0.333. The van der Waals surface area contributed by atoms with E-state index in [9.17, 15) is 9.59 Å². The molecule has 2 aliphatic heterocycles. The highest BCUT2D eigenvalue weighted by molar-refractivity contribution is 8.00. The molecule has 6 heteroatoms. The maximum atomic E-state index is 12.1. The molecule has 94 valence electrons. The largest absolute Gasteiger partial charge is 0.477 e. The molecule has 4 nitrogen and oxygen atoms in total. The fourth-order valence-corrected chi connectivity index (χ4v) is 4.35. The number of aliphatic carboxylic acids is 1. The number of thiophene rings is 1. The molecular formula is C12H11NO3S2. The van der Waals surface area contributed by atoms with Crippen molar-refractivity contribution in [2.75, 3.05) is 5.75 Å². The predicted molar refractivity (Wildman–Crippen MR) is 70.3 cm³/mol. The molecule has 0 radical (unpaired) electrons. The fourth-order valence-electron chi connectivity index (χ4n) is 2.32. The number of rotatable bonds is 3. The minimum absolute atomic E-state index is 0.00398. The number of carboxylic acid groups (broad SMARTS) is 1. The summed E-state index contributed by atoms with van der Waals surface area (Å²) in [6, 6.07) is 3.99. The van der Waals surface area contributed by atoms with Gasteiger partial charge in [-0.3, -0.25) is 9.69 Å². The second-order valence-electron chi connectivity index (χ2n) is 4.22. The quantitative estimate of drug-likeness (QED) is 0.858. The number of β-lactam (4-membered cyclic amide) rings is 1. The molecule has 1 N–H and O–H groups in total. The SMILES string of the molecule is O=C(O)C1=CCS[C@H]2C(Cc3cccs3)C(=O)N12. The van der Waals surface area contributed by atoms with Crippen molar-refractivity contribution in [2.45, 2.75) is 11.8 Å². The first-order valence-corrected chi connectivity index (χ1v) is 7.52. The lowest BCUT2D eigenvalue weighted by Crippen LogP contribution is -2.61. The van der Waals surface area contributed by atoms with E-state index < -0.39 is 5.97 Å². The summed E-state index contributed by atoms with van der Waals surface area (Å²) in [5.41, 5.74) is 0.145. The lowest BCUT2D eigenvalue weighted by Gasteiger charge is -2.48. The molecule has 1 saturated heterocycles. The molecular weight excluding hydrogens is 270 g/mol. The predicted octanol–water partition coefficient (Wildman–Crippen LogP) is 1.79. The lowest BCUT2D eigenvalue weighted by atomic mass is 9.92. The van der Waals surface area contributed by atoms with E-state index in [1.54, 1.807) is 29.2 Å². The first-order valence-electron chi connectivity index (χ1n) is 5.59. The summed E-state index contributed by atoms with van der Waals surface area (Å²) in [6.07, 6.45) is 2.33. The Bertz CT molecular complexity index is 523. The Morgan fingerprint density at radius 1 is 1.56 bits per heavy atom. The molecule has 1 aromatic heterocycles. The highest BCUT2D eigenvalue weighted by Gasteiger charge is 2.51. The van der Waals surface area contributed by atoms with Crippen LogP contribution in [-0.4, -0.2) is 33.0 Å².